The topological polar surface area (TPSA) is 55.6 Å². The second kappa shape index (κ2) is 6.53. The zero-order valence-corrected chi connectivity index (χ0v) is 11.4. The van der Waals surface area contributed by atoms with Gasteiger partial charge in [-0.25, -0.2) is 0 Å². The highest BCUT2D eigenvalue weighted by Crippen LogP contribution is 2.29. The first-order valence-corrected chi connectivity index (χ1v) is 7.36. The molecule has 1 amide bonds. The summed E-state index contributed by atoms with van der Waals surface area (Å²) < 4.78 is 5.39. The molecular formula is C14H26N2O2. The maximum Gasteiger partial charge on any atom is 0.239 e. The second-order valence-electron chi connectivity index (χ2n) is 5.70. The summed E-state index contributed by atoms with van der Waals surface area (Å²) in [6.07, 6.45) is 6.35. The van der Waals surface area contributed by atoms with Gasteiger partial charge in [0.15, 0.2) is 0 Å². The Bertz CT molecular complexity index is 273. The number of nitrogens with zero attached hydrogens (tertiary/aromatic N) is 1. The fraction of sp³-hybridized carbons (Fsp3) is 0.929. The average Bonchev–Trinajstić information content (AvgIpc) is 3.09. The van der Waals surface area contributed by atoms with Crippen molar-refractivity contribution in [3.63, 3.8) is 0 Å². The Hall–Kier alpha value is -0.610. The van der Waals surface area contributed by atoms with Crippen molar-refractivity contribution in [2.45, 2.75) is 57.5 Å². The first kappa shape index (κ1) is 13.8. The Labute approximate surface area is 110 Å². The Morgan fingerprint density at radius 2 is 2.22 bits per heavy atom. The fourth-order valence-electron chi connectivity index (χ4n) is 2.57. The first-order valence-electron chi connectivity index (χ1n) is 7.36. The summed E-state index contributed by atoms with van der Waals surface area (Å²) >= 11 is 0. The van der Waals surface area contributed by atoms with Gasteiger partial charge in [0.05, 0.1) is 12.6 Å². The van der Waals surface area contributed by atoms with Crippen LogP contribution in [0.2, 0.25) is 0 Å². The van der Waals surface area contributed by atoms with Gasteiger partial charge in [-0.3, -0.25) is 4.79 Å². The zero-order chi connectivity index (χ0) is 13.0. The van der Waals surface area contributed by atoms with Gasteiger partial charge < -0.3 is 15.4 Å². The number of carbonyl (C=O) groups is 1. The molecule has 0 aromatic carbocycles. The van der Waals surface area contributed by atoms with Gasteiger partial charge in [0, 0.05) is 25.1 Å². The lowest BCUT2D eigenvalue weighted by molar-refractivity contribution is -0.134. The normalized spacial score (nSPS) is 25.1. The molecule has 0 aromatic rings. The molecule has 2 N–H and O–H groups in total. The van der Waals surface area contributed by atoms with E-state index in [0.29, 0.717) is 12.0 Å². The van der Waals surface area contributed by atoms with Crippen LogP contribution in [0, 0.1) is 5.92 Å². The van der Waals surface area contributed by atoms with E-state index < -0.39 is 0 Å². The van der Waals surface area contributed by atoms with E-state index in [-0.39, 0.29) is 11.9 Å². The van der Waals surface area contributed by atoms with Crippen molar-refractivity contribution in [3.8, 4) is 0 Å². The SMILES string of the molecule is CCCCC(N)C(=O)N(CC1CCOC1)C1CC1. The average molecular weight is 254 g/mol. The standard InChI is InChI=1S/C14H26N2O2/c1-2-3-4-13(15)14(17)16(12-5-6-12)9-11-7-8-18-10-11/h11-13H,2-10,15H2,1H3. The van der Waals surface area contributed by atoms with Gasteiger partial charge in [-0.05, 0) is 25.7 Å². The number of amides is 1. The van der Waals surface area contributed by atoms with Crippen LogP contribution in [0.1, 0.15) is 45.4 Å². The van der Waals surface area contributed by atoms with E-state index in [1.165, 1.54) is 0 Å². The fourth-order valence-corrected chi connectivity index (χ4v) is 2.57. The van der Waals surface area contributed by atoms with Gasteiger partial charge in [-0.2, -0.15) is 0 Å². The van der Waals surface area contributed by atoms with Crippen molar-refractivity contribution >= 4 is 5.91 Å². The van der Waals surface area contributed by atoms with Gasteiger partial charge in [-0.1, -0.05) is 19.8 Å². The quantitative estimate of drug-likeness (QED) is 0.749. The van der Waals surface area contributed by atoms with Crippen molar-refractivity contribution in [1.29, 1.82) is 0 Å². The molecule has 1 saturated carbocycles. The minimum Gasteiger partial charge on any atom is -0.381 e. The Kier molecular flexibility index (Phi) is 5.01. The molecule has 2 aliphatic rings. The van der Waals surface area contributed by atoms with Crippen LogP contribution in [-0.4, -0.2) is 42.6 Å². The van der Waals surface area contributed by atoms with Crippen LogP contribution in [-0.2, 0) is 9.53 Å². The number of nitrogens with two attached hydrogens (primary N) is 1. The predicted molar refractivity (Wildman–Crippen MR) is 71.2 cm³/mol. The van der Waals surface area contributed by atoms with Crippen LogP contribution >= 0.6 is 0 Å². The van der Waals surface area contributed by atoms with E-state index in [9.17, 15) is 4.79 Å². The maximum absolute atomic E-state index is 12.4. The molecule has 4 nitrogen and oxygen atoms in total. The third-order valence-corrected chi connectivity index (χ3v) is 3.94. The lowest BCUT2D eigenvalue weighted by atomic mass is 10.1. The van der Waals surface area contributed by atoms with E-state index in [1.807, 2.05) is 4.90 Å². The molecule has 2 fully saturated rings. The number of carbonyl (C=O) groups excluding carboxylic acids is 1. The molecule has 1 aliphatic heterocycles. The van der Waals surface area contributed by atoms with Gasteiger partial charge in [-0.15, -0.1) is 0 Å². The number of hydrogen-bond acceptors (Lipinski definition) is 3. The molecule has 4 heteroatoms. The minimum absolute atomic E-state index is 0.165. The van der Waals surface area contributed by atoms with Crippen LogP contribution in [0.15, 0.2) is 0 Å². The third kappa shape index (κ3) is 3.69. The highest BCUT2D eigenvalue weighted by molar-refractivity contribution is 5.82. The lowest BCUT2D eigenvalue weighted by Crippen LogP contribution is -2.46. The van der Waals surface area contributed by atoms with E-state index >= 15 is 0 Å². The molecular weight excluding hydrogens is 228 g/mol. The minimum atomic E-state index is -0.298. The second-order valence-corrected chi connectivity index (χ2v) is 5.70. The van der Waals surface area contributed by atoms with E-state index in [0.717, 1.165) is 58.3 Å². The molecule has 0 aromatic heterocycles. The summed E-state index contributed by atoms with van der Waals surface area (Å²) in [7, 11) is 0. The highest BCUT2D eigenvalue weighted by Gasteiger charge is 2.36. The molecule has 2 rings (SSSR count). The van der Waals surface area contributed by atoms with Crippen LogP contribution in [0.5, 0.6) is 0 Å². The highest BCUT2D eigenvalue weighted by atomic mass is 16.5. The summed E-state index contributed by atoms with van der Waals surface area (Å²) in [5, 5.41) is 0. The Morgan fingerprint density at radius 3 is 2.78 bits per heavy atom. The van der Waals surface area contributed by atoms with Crippen molar-refractivity contribution < 1.29 is 9.53 Å². The van der Waals surface area contributed by atoms with Crippen LogP contribution in [0.4, 0.5) is 0 Å². The van der Waals surface area contributed by atoms with Gasteiger partial charge in [0.25, 0.3) is 0 Å². The first-order chi connectivity index (χ1) is 8.72. The molecule has 18 heavy (non-hydrogen) atoms. The van der Waals surface area contributed by atoms with Crippen LogP contribution in [0.3, 0.4) is 0 Å². The summed E-state index contributed by atoms with van der Waals surface area (Å²) in [6.45, 7) is 4.63. The van der Waals surface area contributed by atoms with Crippen molar-refractivity contribution in [3.05, 3.63) is 0 Å². The van der Waals surface area contributed by atoms with Crippen LogP contribution < -0.4 is 5.73 Å². The van der Waals surface area contributed by atoms with Gasteiger partial charge in [0.1, 0.15) is 0 Å². The third-order valence-electron chi connectivity index (χ3n) is 3.94. The molecule has 1 saturated heterocycles. The smallest absolute Gasteiger partial charge is 0.239 e. The number of rotatable bonds is 7. The van der Waals surface area contributed by atoms with E-state index in [2.05, 4.69) is 6.92 Å². The van der Waals surface area contributed by atoms with Crippen molar-refractivity contribution in [1.82, 2.24) is 4.90 Å². The monoisotopic (exact) mass is 254 g/mol. The molecule has 1 heterocycles. The summed E-state index contributed by atoms with van der Waals surface area (Å²) in [5.74, 6) is 0.686. The number of hydrogen-bond donors (Lipinski definition) is 1. The zero-order valence-electron chi connectivity index (χ0n) is 11.4. The number of ether oxygens (including phenoxy) is 1. The summed E-state index contributed by atoms with van der Waals surface area (Å²) in [4.78, 5) is 14.4. The Morgan fingerprint density at radius 1 is 1.44 bits per heavy atom. The molecule has 2 unspecified atom stereocenters. The molecule has 0 radical (unpaired) electrons. The van der Waals surface area contributed by atoms with Crippen LogP contribution in [0.25, 0.3) is 0 Å². The molecule has 0 spiro atoms. The van der Waals surface area contributed by atoms with Gasteiger partial charge >= 0.3 is 0 Å². The lowest BCUT2D eigenvalue weighted by Gasteiger charge is -2.28. The van der Waals surface area contributed by atoms with E-state index in [1.54, 1.807) is 0 Å². The Balaban J connectivity index is 1.85. The molecule has 2 atom stereocenters. The molecule has 104 valence electrons. The predicted octanol–water partition coefficient (Wildman–Crippen LogP) is 1.53. The molecule has 1 aliphatic carbocycles. The summed E-state index contributed by atoms with van der Waals surface area (Å²) in [6, 6.07) is 0.165. The number of unbranched alkanes of at least 4 members (excludes halogenated alkanes) is 1. The maximum atomic E-state index is 12.4. The van der Waals surface area contributed by atoms with Crippen molar-refractivity contribution in [2.75, 3.05) is 19.8 Å². The van der Waals surface area contributed by atoms with E-state index in [4.69, 9.17) is 10.5 Å². The summed E-state index contributed by atoms with van der Waals surface area (Å²) in [5.41, 5.74) is 6.02. The van der Waals surface area contributed by atoms with Crippen molar-refractivity contribution in [2.24, 2.45) is 11.7 Å². The largest absolute Gasteiger partial charge is 0.381 e. The molecule has 0 bridgehead atoms. The van der Waals surface area contributed by atoms with Gasteiger partial charge in [0.2, 0.25) is 5.91 Å².